The molecule has 0 aliphatic rings. The fraction of sp³-hybridized carbons (Fsp3) is 0.462. The number of ketones is 1. The minimum Gasteiger partial charge on any atom is -0.496 e. The highest BCUT2D eigenvalue weighted by molar-refractivity contribution is 9.10. The Labute approximate surface area is 111 Å². The highest BCUT2D eigenvalue weighted by atomic mass is 79.9. The third-order valence-electron chi connectivity index (χ3n) is 2.46. The van der Waals surface area contributed by atoms with Crippen molar-refractivity contribution in [2.45, 2.75) is 12.8 Å². The standard InChI is InChI=1S/C13H18BrNO2/c1-15(2)7-6-11(16)8-10-4-5-13(17-3)12(14)9-10/h4-5,9H,6-8H2,1-3H3. The summed E-state index contributed by atoms with van der Waals surface area (Å²) in [7, 11) is 5.57. The molecule has 1 aromatic carbocycles. The van der Waals surface area contributed by atoms with Crippen molar-refractivity contribution < 1.29 is 9.53 Å². The second kappa shape index (κ2) is 6.77. The molecule has 0 aliphatic heterocycles. The summed E-state index contributed by atoms with van der Waals surface area (Å²) < 4.78 is 6.03. The van der Waals surface area contributed by atoms with Gasteiger partial charge in [-0.3, -0.25) is 4.79 Å². The molecule has 0 fully saturated rings. The van der Waals surface area contributed by atoms with Crippen LogP contribution in [0, 0.1) is 0 Å². The van der Waals surface area contributed by atoms with Gasteiger partial charge in [-0.15, -0.1) is 0 Å². The van der Waals surface area contributed by atoms with Crippen LogP contribution in [0.25, 0.3) is 0 Å². The Bertz CT molecular complexity index is 391. The average Bonchev–Trinajstić information content (AvgIpc) is 2.26. The maximum absolute atomic E-state index is 11.7. The van der Waals surface area contributed by atoms with E-state index >= 15 is 0 Å². The lowest BCUT2D eigenvalue weighted by atomic mass is 10.1. The van der Waals surface area contributed by atoms with E-state index in [0.29, 0.717) is 12.8 Å². The van der Waals surface area contributed by atoms with Gasteiger partial charge in [-0.1, -0.05) is 6.07 Å². The Morgan fingerprint density at radius 1 is 1.41 bits per heavy atom. The second-order valence-corrected chi connectivity index (χ2v) is 5.09. The van der Waals surface area contributed by atoms with Crippen molar-refractivity contribution in [1.29, 1.82) is 0 Å². The first-order valence-corrected chi connectivity index (χ1v) is 6.31. The SMILES string of the molecule is COc1ccc(CC(=O)CCN(C)C)cc1Br. The highest BCUT2D eigenvalue weighted by Crippen LogP contribution is 2.25. The molecule has 94 valence electrons. The fourth-order valence-electron chi connectivity index (χ4n) is 1.48. The fourth-order valence-corrected chi connectivity index (χ4v) is 2.07. The largest absolute Gasteiger partial charge is 0.496 e. The first-order valence-electron chi connectivity index (χ1n) is 5.51. The molecule has 0 unspecified atom stereocenters. The quantitative estimate of drug-likeness (QED) is 0.808. The maximum atomic E-state index is 11.7. The molecule has 0 atom stereocenters. The van der Waals surface area contributed by atoms with Gasteiger partial charge >= 0.3 is 0 Å². The van der Waals surface area contributed by atoms with Gasteiger partial charge in [0.15, 0.2) is 0 Å². The van der Waals surface area contributed by atoms with E-state index in [-0.39, 0.29) is 5.78 Å². The lowest BCUT2D eigenvalue weighted by molar-refractivity contribution is -0.118. The van der Waals surface area contributed by atoms with E-state index in [1.807, 2.05) is 37.2 Å². The van der Waals surface area contributed by atoms with Gasteiger partial charge in [-0.2, -0.15) is 0 Å². The van der Waals surface area contributed by atoms with Gasteiger partial charge in [0.05, 0.1) is 11.6 Å². The summed E-state index contributed by atoms with van der Waals surface area (Å²) >= 11 is 3.41. The maximum Gasteiger partial charge on any atom is 0.138 e. The number of hydrogen-bond donors (Lipinski definition) is 0. The number of benzene rings is 1. The Morgan fingerprint density at radius 3 is 2.65 bits per heavy atom. The summed E-state index contributed by atoms with van der Waals surface area (Å²) in [5, 5.41) is 0. The number of methoxy groups -OCH3 is 1. The minimum atomic E-state index is 0.260. The number of rotatable bonds is 6. The van der Waals surface area contributed by atoms with Gasteiger partial charge in [0.1, 0.15) is 11.5 Å². The van der Waals surface area contributed by atoms with E-state index < -0.39 is 0 Å². The molecule has 3 nitrogen and oxygen atoms in total. The number of ether oxygens (including phenoxy) is 1. The van der Waals surface area contributed by atoms with Gasteiger partial charge in [-0.25, -0.2) is 0 Å². The molecule has 0 aliphatic carbocycles. The van der Waals surface area contributed by atoms with Crippen LogP contribution in [0.3, 0.4) is 0 Å². The van der Waals surface area contributed by atoms with Crippen molar-refractivity contribution >= 4 is 21.7 Å². The smallest absolute Gasteiger partial charge is 0.138 e. The van der Waals surface area contributed by atoms with Crippen LogP contribution in [-0.2, 0) is 11.2 Å². The summed E-state index contributed by atoms with van der Waals surface area (Å²) in [4.78, 5) is 13.7. The van der Waals surface area contributed by atoms with Crippen LogP contribution in [0.4, 0.5) is 0 Å². The number of hydrogen-bond acceptors (Lipinski definition) is 3. The number of Topliss-reactive ketones (excluding diaryl/α,β-unsaturated/α-hetero) is 1. The minimum absolute atomic E-state index is 0.260. The summed E-state index contributed by atoms with van der Waals surface area (Å²) in [5.41, 5.74) is 1.02. The van der Waals surface area contributed by atoms with E-state index in [1.165, 1.54) is 0 Å². The summed E-state index contributed by atoms with van der Waals surface area (Å²) in [6, 6.07) is 5.74. The molecule has 0 N–H and O–H groups in total. The highest BCUT2D eigenvalue weighted by Gasteiger charge is 2.07. The molecule has 1 rings (SSSR count). The van der Waals surface area contributed by atoms with E-state index in [4.69, 9.17) is 4.74 Å². The van der Waals surface area contributed by atoms with Crippen LogP contribution in [0.2, 0.25) is 0 Å². The molecule has 0 radical (unpaired) electrons. The molecule has 0 amide bonds. The Hall–Kier alpha value is -0.870. The van der Waals surface area contributed by atoms with Gasteiger partial charge in [-0.05, 0) is 47.7 Å². The van der Waals surface area contributed by atoms with E-state index in [0.717, 1.165) is 22.3 Å². The third kappa shape index (κ3) is 4.88. The molecule has 0 saturated carbocycles. The molecule has 1 aromatic rings. The number of carbonyl (C=O) groups excluding carboxylic acids is 1. The molecule has 0 saturated heterocycles. The molecule has 0 heterocycles. The van der Waals surface area contributed by atoms with Crippen molar-refractivity contribution in [3.63, 3.8) is 0 Å². The van der Waals surface area contributed by atoms with Crippen LogP contribution in [0.5, 0.6) is 5.75 Å². The van der Waals surface area contributed by atoms with Crippen molar-refractivity contribution in [3.05, 3.63) is 28.2 Å². The predicted molar refractivity (Wildman–Crippen MR) is 72.6 cm³/mol. The van der Waals surface area contributed by atoms with Crippen molar-refractivity contribution in [2.75, 3.05) is 27.7 Å². The van der Waals surface area contributed by atoms with Crippen LogP contribution in [0.15, 0.2) is 22.7 Å². The summed E-state index contributed by atoms with van der Waals surface area (Å²) in [6.45, 7) is 0.802. The number of halogens is 1. The zero-order valence-electron chi connectivity index (χ0n) is 10.5. The molecule has 17 heavy (non-hydrogen) atoms. The van der Waals surface area contributed by atoms with Crippen molar-refractivity contribution in [3.8, 4) is 5.75 Å². The number of carbonyl (C=O) groups is 1. The van der Waals surface area contributed by atoms with E-state index in [1.54, 1.807) is 7.11 Å². The van der Waals surface area contributed by atoms with Crippen LogP contribution < -0.4 is 4.74 Å². The number of nitrogens with zero attached hydrogens (tertiary/aromatic N) is 1. The van der Waals surface area contributed by atoms with E-state index in [2.05, 4.69) is 15.9 Å². The molecule has 4 heteroatoms. The summed E-state index contributed by atoms with van der Waals surface area (Å²) in [6.07, 6.45) is 1.08. The molecule has 0 spiro atoms. The van der Waals surface area contributed by atoms with Crippen LogP contribution in [-0.4, -0.2) is 38.4 Å². The molecule has 0 aromatic heterocycles. The van der Waals surface area contributed by atoms with Crippen molar-refractivity contribution in [1.82, 2.24) is 4.90 Å². The zero-order valence-corrected chi connectivity index (χ0v) is 12.1. The van der Waals surface area contributed by atoms with Gasteiger partial charge in [0.2, 0.25) is 0 Å². The molecular formula is C13H18BrNO2. The van der Waals surface area contributed by atoms with Crippen molar-refractivity contribution in [2.24, 2.45) is 0 Å². The zero-order chi connectivity index (χ0) is 12.8. The van der Waals surface area contributed by atoms with Gasteiger partial charge in [0.25, 0.3) is 0 Å². The monoisotopic (exact) mass is 299 g/mol. The molecule has 0 bridgehead atoms. The topological polar surface area (TPSA) is 29.5 Å². The lowest BCUT2D eigenvalue weighted by Crippen LogP contribution is -2.17. The van der Waals surface area contributed by atoms with Crippen LogP contribution >= 0.6 is 15.9 Å². The lowest BCUT2D eigenvalue weighted by Gasteiger charge is -2.09. The third-order valence-corrected chi connectivity index (χ3v) is 3.08. The van der Waals surface area contributed by atoms with Gasteiger partial charge < -0.3 is 9.64 Å². The molecular weight excluding hydrogens is 282 g/mol. The Morgan fingerprint density at radius 2 is 2.12 bits per heavy atom. The normalized spacial score (nSPS) is 10.6. The Kier molecular flexibility index (Phi) is 5.65. The Balaban J connectivity index is 2.57. The first-order chi connectivity index (χ1) is 8.02. The van der Waals surface area contributed by atoms with Crippen LogP contribution in [0.1, 0.15) is 12.0 Å². The summed E-state index contributed by atoms with van der Waals surface area (Å²) in [5.74, 6) is 1.05. The predicted octanol–water partition coefficient (Wildman–Crippen LogP) is 2.52. The average molecular weight is 300 g/mol. The van der Waals surface area contributed by atoms with E-state index in [9.17, 15) is 4.79 Å². The first kappa shape index (κ1) is 14.2. The van der Waals surface area contributed by atoms with Gasteiger partial charge in [0, 0.05) is 19.4 Å². The second-order valence-electron chi connectivity index (χ2n) is 4.24.